The van der Waals surface area contributed by atoms with Gasteiger partial charge in [-0.2, -0.15) is 0 Å². The van der Waals surface area contributed by atoms with E-state index in [9.17, 15) is 9.90 Å². The number of fused-ring (bicyclic) bond motifs is 1. The van der Waals surface area contributed by atoms with Crippen LogP contribution in [0.3, 0.4) is 0 Å². The van der Waals surface area contributed by atoms with Gasteiger partial charge in [0.2, 0.25) is 5.91 Å². The fourth-order valence-corrected chi connectivity index (χ4v) is 1.80. The molecule has 0 bridgehead atoms. The van der Waals surface area contributed by atoms with Gasteiger partial charge in [0.05, 0.1) is 13.0 Å². The Morgan fingerprint density at radius 1 is 1.53 bits per heavy atom. The first-order valence-electron chi connectivity index (χ1n) is 4.82. The summed E-state index contributed by atoms with van der Waals surface area (Å²) in [5.74, 6) is 0.0561. The molecule has 0 saturated heterocycles. The fourth-order valence-electron chi connectivity index (χ4n) is 1.80. The molecule has 0 spiro atoms. The quantitative estimate of drug-likeness (QED) is 0.729. The molecule has 1 aliphatic rings. The summed E-state index contributed by atoms with van der Waals surface area (Å²) in [6.07, 6.45) is -0.492. The molecule has 1 atom stereocenters. The maximum absolute atomic E-state index is 11.4. The van der Waals surface area contributed by atoms with E-state index in [1.54, 1.807) is 30.1 Å². The first-order chi connectivity index (χ1) is 7.13. The topological polar surface area (TPSA) is 60.8 Å². The second-order valence-electron chi connectivity index (χ2n) is 3.72. The van der Waals surface area contributed by atoms with Crippen LogP contribution >= 0.6 is 0 Å². The van der Waals surface area contributed by atoms with Crippen LogP contribution in [0, 0.1) is 0 Å². The second kappa shape index (κ2) is 3.64. The minimum absolute atomic E-state index is 0.0561. The number of benzene rings is 1. The summed E-state index contributed by atoms with van der Waals surface area (Å²) in [6, 6.07) is 5.31. The van der Waals surface area contributed by atoms with E-state index in [0.29, 0.717) is 12.0 Å². The van der Waals surface area contributed by atoms with Crippen LogP contribution < -0.4 is 4.90 Å². The van der Waals surface area contributed by atoms with Gasteiger partial charge < -0.3 is 15.1 Å². The summed E-state index contributed by atoms with van der Waals surface area (Å²) in [6.45, 7) is -0.303. The number of hydrogen-bond acceptors (Lipinski definition) is 3. The van der Waals surface area contributed by atoms with E-state index < -0.39 is 6.10 Å². The lowest BCUT2D eigenvalue weighted by Crippen LogP contribution is -2.20. The number of carbonyl (C=O) groups excluding carboxylic acids is 1. The maximum Gasteiger partial charge on any atom is 0.231 e. The molecule has 4 heteroatoms. The van der Waals surface area contributed by atoms with E-state index in [1.165, 1.54) is 0 Å². The lowest BCUT2D eigenvalue weighted by atomic mass is 10.0. The van der Waals surface area contributed by atoms with Crippen LogP contribution in [-0.4, -0.2) is 29.8 Å². The predicted octanol–water partition coefficient (Wildman–Crippen LogP) is 0.231. The summed E-state index contributed by atoms with van der Waals surface area (Å²) in [7, 11) is 1.73. The SMILES string of the molecule is CN1C(=O)Cc2cc(C(O)CO)ccc21. The average molecular weight is 207 g/mol. The Hall–Kier alpha value is -1.39. The number of anilines is 1. The molecule has 1 aromatic carbocycles. The molecule has 1 amide bonds. The molecule has 0 saturated carbocycles. The van der Waals surface area contributed by atoms with Crippen LogP contribution in [0.2, 0.25) is 0 Å². The number of amides is 1. The van der Waals surface area contributed by atoms with Crippen molar-refractivity contribution >= 4 is 11.6 Å². The third-order valence-electron chi connectivity index (χ3n) is 2.74. The lowest BCUT2D eigenvalue weighted by Gasteiger charge is -2.12. The van der Waals surface area contributed by atoms with Gasteiger partial charge in [-0.3, -0.25) is 4.79 Å². The van der Waals surface area contributed by atoms with Crippen LogP contribution in [0.5, 0.6) is 0 Å². The number of likely N-dealkylation sites (N-methyl/N-ethyl adjacent to an activating group) is 1. The summed E-state index contributed by atoms with van der Waals surface area (Å²) >= 11 is 0. The van der Waals surface area contributed by atoms with Gasteiger partial charge >= 0.3 is 0 Å². The summed E-state index contributed by atoms with van der Waals surface area (Å²) in [5, 5.41) is 18.3. The van der Waals surface area contributed by atoms with E-state index in [0.717, 1.165) is 11.3 Å². The van der Waals surface area contributed by atoms with Crippen molar-refractivity contribution < 1.29 is 15.0 Å². The highest BCUT2D eigenvalue weighted by molar-refractivity contribution is 6.00. The van der Waals surface area contributed by atoms with Gasteiger partial charge in [-0.15, -0.1) is 0 Å². The lowest BCUT2D eigenvalue weighted by molar-refractivity contribution is -0.117. The molecule has 0 aromatic heterocycles. The zero-order valence-electron chi connectivity index (χ0n) is 8.47. The molecule has 15 heavy (non-hydrogen) atoms. The molecule has 2 N–H and O–H groups in total. The highest BCUT2D eigenvalue weighted by atomic mass is 16.3. The number of hydrogen-bond donors (Lipinski definition) is 2. The van der Waals surface area contributed by atoms with Crippen molar-refractivity contribution in [2.24, 2.45) is 0 Å². The minimum Gasteiger partial charge on any atom is -0.393 e. The van der Waals surface area contributed by atoms with Crippen molar-refractivity contribution in [1.29, 1.82) is 0 Å². The molecular formula is C11H13NO3. The van der Waals surface area contributed by atoms with Crippen LogP contribution in [0.15, 0.2) is 18.2 Å². The number of aliphatic hydroxyl groups excluding tert-OH is 2. The molecule has 1 heterocycles. The molecular weight excluding hydrogens is 194 g/mol. The molecule has 1 unspecified atom stereocenters. The molecule has 1 aromatic rings. The molecule has 80 valence electrons. The van der Waals surface area contributed by atoms with Gasteiger partial charge in [-0.1, -0.05) is 12.1 Å². The van der Waals surface area contributed by atoms with Gasteiger partial charge in [-0.25, -0.2) is 0 Å². The third-order valence-corrected chi connectivity index (χ3v) is 2.74. The second-order valence-corrected chi connectivity index (χ2v) is 3.72. The van der Waals surface area contributed by atoms with Gasteiger partial charge in [0.1, 0.15) is 6.10 Å². The number of rotatable bonds is 2. The third kappa shape index (κ3) is 1.62. The molecule has 2 rings (SSSR count). The Morgan fingerprint density at radius 3 is 2.93 bits per heavy atom. The largest absolute Gasteiger partial charge is 0.393 e. The minimum atomic E-state index is -0.865. The average Bonchev–Trinajstić information content (AvgIpc) is 2.53. The van der Waals surface area contributed by atoms with Crippen molar-refractivity contribution in [3.63, 3.8) is 0 Å². The summed E-state index contributed by atoms with van der Waals surface area (Å²) in [4.78, 5) is 13.0. The van der Waals surface area contributed by atoms with E-state index in [-0.39, 0.29) is 12.5 Å². The molecule has 0 radical (unpaired) electrons. The Bertz CT molecular complexity index is 403. The molecule has 0 aliphatic carbocycles. The van der Waals surface area contributed by atoms with Gasteiger partial charge in [0.25, 0.3) is 0 Å². The van der Waals surface area contributed by atoms with E-state index in [2.05, 4.69) is 0 Å². The monoisotopic (exact) mass is 207 g/mol. The fraction of sp³-hybridized carbons (Fsp3) is 0.364. The van der Waals surface area contributed by atoms with Crippen molar-refractivity contribution in [1.82, 2.24) is 0 Å². The van der Waals surface area contributed by atoms with Crippen LogP contribution in [0.4, 0.5) is 5.69 Å². The molecule has 1 aliphatic heterocycles. The maximum atomic E-state index is 11.4. The van der Waals surface area contributed by atoms with Crippen molar-refractivity contribution in [2.75, 3.05) is 18.6 Å². The van der Waals surface area contributed by atoms with Gasteiger partial charge in [0, 0.05) is 12.7 Å². The molecule has 0 fully saturated rings. The zero-order chi connectivity index (χ0) is 11.0. The highest BCUT2D eigenvalue weighted by Crippen LogP contribution is 2.29. The normalized spacial score (nSPS) is 16.7. The molecule has 4 nitrogen and oxygen atoms in total. The van der Waals surface area contributed by atoms with Crippen molar-refractivity contribution in [3.8, 4) is 0 Å². The zero-order valence-corrected chi connectivity index (χ0v) is 8.47. The standard InChI is InChI=1S/C11H13NO3/c1-12-9-3-2-7(10(14)6-13)4-8(9)5-11(12)15/h2-4,10,13-14H,5-6H2,1H3. The number of carbonyl (C=O) groups is 1. The number of nitrogens with zero attached hydrogens (tertiary/aromatic N) is 1. The number of aliphatic hydroxyl groups is 2. The van der Waals surface area contributed by atoms with E-state index >= 15 is 0 Å². The smallest absolute Gasteiger partial charge is 0.231 e. The van der Waals surface area contributed by atoms with Gasteiger partial charge in [-0.05, 0) is 17.2 Å². The van der Waals surface area contributed by atoms with E-state index in [4.69, 9.17) is 5.11 Å². The van der Waals surface area contributed by atoms with E-state index in [1.807, 2.05) is 0 Å². The first-order valence-corrected chi connectivity index (χ1v) is 4.82. The Labute approximate surface area is 87.8 Å². The van der Waals surface area contributed by atoms with Gasteiger partial charge in [0.15, 0.2) is 0 Å². The Balaban J connectivity index is 2.37. The Kier molecular flexibility index (Phi) is 2.46. The predicted molar refractivity (Wildman–Crippen MR) is 55.6 cm³/mol. The highest BCUT2D eigenvalue weighted by Gasteiger charge is 2.24. The summed E-state index contributed by atoms with van der Waals surface area (Å²) in [5.41, 5.74) is 2.45. The van der Waals surface area contributed by atoms with Crippen LogP contribution in [0.25, 0.3) is 0 Å². The summed E-state index contributed by atoms with van der Waals surface area (Å²) < 4.78 is 0. The Morgan fingerprint density at radius 2 is 2.27 bits per heavy atom. The van der Waals surface area contributed by atoms with Crippen molar-refractivity contribution in [2.45, 2.75) is 12.5 Å². The van der Waals surface area contributed by atoms with Crippen molar-refractivity contribution in [3.05, 3.63) is 29.3 Å². The first kappa shape index (κ1) is 10.1. The van der Waals surface area contributed by atoms with Crippen LogP contribution in [0.1, 0.15) is 17.2 Å². The van der Waals surface area contributed by atoms with Crippen LogP contribution in [-0.2, 0) is 11.2 Å².